The lowest BCUT2D eigenvalue weighted by atomic mass is 9.98. The number of aromatic nitrogens is 2. The zero-order valence-corrected chi connectivity index (χ0v) is 19.6. The number of aromatic amines is 1. The van der Waals surface area contributed by atoms with Gasteiger partial charge < -0.3 is 25.5 Å². The first-order valence-corrected chi connectivity index (χ1v) is 11.4. The molecule has 4 rings (SSSR count). The Morgan fingerprint density at radius 2 is 1.71 bits per heavy atom. The van der Waals surface area contributed by atoms with Crippen molar-refractivity contribution in [2.45, 2.75) is 44.2 Å². The Morgan fingerprint density at radius 1 is 1.09 bits per heavy atom. The molecule has 1 aliphatic carbocycles. The zero-order valence-electron chi connectivity index (χ0n) is 19.6. The zero-order chi connectivity index (χ0) is 25.0. The van der Waals surface area contributed by atoms with Gasteiger partial charge in [-0.15, -0.1) is 0 Å². The average Bonchev–Trinajstić information content (AvgIpc) is 3.42. The second-order valence-electron chi connectivity index (χ2n) is 9.25. The van der Waals surface area contributed by atoms with E-state index >= 15 is 0 Å². The smallest absolute Gasteiger partial charge is 0.407 e. The summed E-state index contributed by atoms with van der Waals surface area (Å²) in [6, 6.07) is 15.0. The number of ether oxygens (including phenoxy) is 1. The number of carboxylic acids is 1. The Hall–Kier alpha value is -4.14. The molecule has 0 aliphatic heterocycles. The third-order valence-corrected chi connectivity index (χ3v) is 6.00. The molecule has 9 heteroatoms. The number of carbonyl (C=O) groups excluding carboxylic acids is 2. The highest BCUT2D eigenvalue weighted by atomic mass is 16.5. The minimum atomic E-state index is -1.16. The molecule has 3 aromatic rings. The van der Waals surface area contributed by atoms with Gasteiger partial charge in [-0.25, -0.2) is 14.6 Å². The number of benzene rings is 2. The summed E-state index contributed by atoms with van der Waals surface area (Å²) in [7, 11) is 0. The summed E-state index contributed by atoms with van der Waals surface area (Å²) in [6.07, 6.45) is 2.25. The maximum atomic E-state index is 12.6. The Bertz CT molecular complexity index is 1180. The molecule has 0 bridgehead atoms. The lowest BCUT2D eigenvalue weighted by molar-refractivity contribution is -0.142. The molecule has 0 spiro atoms. The van der Waals surface area contributed by atoms with Crippen LogP contribution in [0.5, 0.6) is 0 Å². The fraction of sp³-hybridized carbons (Fsp3) is 0.308. The van der Waals surface area contributed by atoms with Crippen molar-refractivity contribution in [1.82, 2.24) is 20.6 Å². The van der Waals surface area contributed by atoms with Gasteiger partial charge in [0.2, 0.25) is 5.91 Å². The van der Waals surface area contributed by atoms with Crippen LogP contribution in [0.25, 0.3) is 11.1 Å². The quantitative estimate of drug-likeness (QED) is 0.375. The standard InChI is InChI=1S/C26H28N4O5/c1-26(2,12-23(31)29-22(24(32)33)11-16-13-27-15-28-16)30-25(34)35-14-21-19-9-5-3-7-17(19)18-8-4-6-10-20(18)21/h3-10,13,15,21-22H,11-12,14H2,1-2H3,(H,27,28)(H,29,31)(H,30,34)(H,32,33)/t22-/m1/s1. The van der Waals surface area contributed by atoms with E-state index in [1.165, 1.54) is 12.5 Å². The molecular formula is C26H28N4O5. The molecule has 0 saturated carbocycles. The van der Waals surface area contributed by atoms with Gasteiger partial charge in [-0.1, -0.05) is 48.5 Å². The van der Waals surface area contributed by atoms with E-state index in [0.717, 1.165) is 22.3 Å². The van der Waals surface area contributed by atoms with Crippen molar-refractivity contribution in [2.24, 2.45) is 0 Å². The van der Waals surface area contributed by atoms with Gasteiger partial charge in [0.1, 0.15) is 12.6 Å². The van der Waals surface area contributed by atoms with Gasteiger partial charge in [-0.05, 0) is 36.1 Å². The summed E-state index contributed by atoms with van der Waals surface area (Å²) in [5.74, 6) is -1.73. The van der Waals surface area contributed by atoms with Crippen LogP contribution in [0.15, 0.2) is 61.1 Å². The minimum Gasteiger partial charge on any atom is -0.480 e. The maximum absolute atomic E-state index is 12.6. The predicted molar refractivity (Wildman–Crippen MR) is 129 cm³/mol. The van der Waals surface area contributed by atoms with Gasteiger partial charge in [-0.2, -0.15) is 0 Å². The van der Waals surface area contributed by atoms with E-state index in [1.807, 2.05) is 36.4 Å². The van der Waals surface area contributed by atoms with Crippen molar-refractivity contribution >= 4 is 18.0 Å². The monoisotopic (exact) mass is 476 g/mol. The molecule has 1 atom stereocenters. The van der Waals surface area contributed by atoms with Crippen molar-refractivity contribution in [3.05, 3.63) is 77.9 Å². The number of carbonyl (C=O) groups is 3. The number of aliphatic carboxylic acids is 1. The fourth-order valence-corrected chi connectivity index (χ4v) is 4.42. The van der Waals surface area contributed by atoms with Gasteiger partial charge in [0.15, 0.2) is 0 Å². The molecule has 4 N–H and O–H groups in total. The van der Waals surface area contributed by atoms with Crippen molar-refractivity contribution < 1.29 is 24.2 Å². The maximum Gasteiger partial charge on any atom is 0.407 e. The number of nitrogens with zero attached hydrogens (tertiary/aromatic N) is 1. The number of carboxylic acid groups (broad SMARTS) is 1. The Kier molecular flexibility index (Phi) is 6.86. The molecule has 1 aromatic heterocycles. The molecule has 2 aromatic carbocycles. The van der Waals surface area contributed by atoms with Gasteiger partial charge in [-0.3, -0.25) is 4.79 Å². The molecule has 0 unspecified atom stereocenters. The van der Waals surface area contributed by atoms with Crippen molar-refractivity contribution in [2.75, 3.05) is 6.61 Å². The van der Waals surface area contributed by atoms with Crippen LogP contribution in [0.1, 0.15) is 43.0 Å². The van der Waals surface area contributed by atoms with Gasteiger partial charge in [0, 0.05) is 36.2 Å². The van der Waals surface area contributed by atoms with Crippen LogP contribution in [0.4, 0.5) is 4.79 Å². The van der Waals surface area contributed by atoms with E-state index in [1.54, 1.807) is 13.8 Å². The van der Waals surface area contributed by atoms with Crippen LogP contribution in [-0.2, 0) is 20.7 Å². The van der Waals surface area contributed by atoms with Crippen molar-refractivity contribution in [3.63, 3.8) is 0 Å². The SMILES string of the molecule is CC(C)(CC(=O)N[C@H](Cc1cnc[nH]1)C(=O)O)NC(=O)OCC1c2ccccc2-c2ccccc21. The van der Waals surface area contributed by atoms with E-state index in [4.69, 9.17) is 4.74 Å². The molecule has 0 saturated heterocycles. The first-order valence-electron chi connectivity index (χ1n) is 11.4. The third kappa shape index (κ3) is 5.68. The molecule has 0 fully saturated rings. The number of hydrogen-bond acceptors (Lipinski definition) is 5. The number of imidazole rings is 1. The number of nitrogens with one attached hydrogen (secondary N) is 3. The molecule has 1 heterocycles. The topological polar surface area (TPSA) is 133 Å². The van der Waals surface area contributed by atoms with Crippen molar-refractivity contribution in [3.8, 4) is 11.1 Å². The summed E-state index contributed by atoms with van der Waals surface area (Å²) < 4.78 is 5.56. The fourth-order valence-electron chi connectivity index (χ4n) is 4.42. The number of hydrogen-bond donors (Lipinski definition) is 4. The molecular weight excluding hydrogens is 448 g/mol. The van der Waals surface area contributed by atoms with Crippen LogP contribution in [-0.4, -0.2) is 51.2 Å². The number of alkyl carbamates (subject to hydrolysis) is 1. The third-order valence-electron chi connectivity index (χ3n) is 6.00. The van der Waals surface area contributed by atoms with E-state index < -0.39 is 29.6 Å². The van der Waals surface area contributed by atoms with Crippen LogP contribution < -0.4 is 10.6 Å². The number of amides is 2. The highest BCUT2D eigenvalue weighted by Gasteiger charge is 2.31. The summed E-state index contributed by atoms with van der Waals surface area (Å²) in [5.41, 5.74) is 4.13. The second-order valence-corrected chi connectivity index (χ2v) is 9.25. The van der Waals surface area contributed by atoms with E-state index in [0.29, 0.717) is 5.69 Å². The Balaban J connectivity index is 1.32. The largest absolute Gasteiger partial charge is 0.480 e. The summed E-state index contributed by atoms with van der Waals surface area (Å²) in [4.78, 5) is 43.4. The van der Waals surface area contributed by atoms with Gasteiger partial charge >= 0.3 is 12.1 Å². The highest BCUT2D eigenvalue weighted by molar-refractivity contribution is 5.85. The second kappa shape index (κ2) is 10.0. The molecule has 9 nitrogen and oxygen atoms in total. The highest BCUT2D eigenvalue weighted by Crippen LogP contribution is 2.44. The Morgan fingerprint density at radius 3 is 2.29 bits per heavy atom. The summed E-state index contributed by atoms with van der Waals surface area (Å²) in [6.45, 7) is 3.52. The number of rotatable bonds is 9. The summed E-state index contributed by atoms with van der Waals surface area (Å²) in [5, 5.41) is 14.7. The molecule has 2 amide bonds. The van der Waals surface area contributed by atoms with E-state index in [-0.39, 0.29) is 25.4 Å². The minimum absolute atomic E-state index is 0.0707. The molecule has 1 aliphatic rings. The molecule has 35 heavy (non-hydrogen) atoms. The van der Waals surface area contributed by atoms with Crippen molar-refractivity contribution in [1.29, 1.82) is 0 Å². The molecule has 0 radical (unpaired) electrons. The van der Waals surface area contributed by atoms with Crippen LogP contribution in [0, 0.1) is 0 Å². The number of fused-ring (bicyclic) bond motifs is 3. The predicted octanol–water partition coefficient (Wildman–Crippen LogP) is 3.23. The number of H-pyrrole nitrogens is 1. The lowest BCUT2D eigenvalue weighted by Gasteiger charge is -2.26. The molecule has 182 valence electrons. The lowest BCUT2D eigenvalue weighted by Crippen LogP contribution is -2.50. The van der Waals surface area contributed by atoms with Crippen LogP contribution in [0.2, 0.25) is 0 Å². The van der Waals surface area contributed by atoms with Crippen LogP contribution >= 0.6 is 0 Å². The first kappa shape index (κ1) is 24.0. The first-order chi connectivity index (χ1) is 16.7. The summed E-state index contributed by atoms with van der Waals surface area (Å²) >= 11 is 0. The van der Waals surface area contributed by atoms with Gasteiger partial charge in [0.25, 0.3) is 0 Å². The average molecular weight is 477 g/mol. The van der Waals surface area contributed by atoms with E-state index in [9.17, 15) is 19.5 Å². The Labute approximate surface area is 202 Å². The van der Waals surface area contributed by atoms with Gasteiger partial charge in [0.05, 0.1) is 6.33 Å². The van der Waals surface area contributed by atoms with E-state index in [2.05, 4.69) is 32.7 Å². The normalized spacial score (nSPS) is 13.4. The van der Waals surface area contributed by atoms with Crippen LogP contribution in [0.3, 0.4) is 0 Å².